The number of carboxylic acids is 1. The van der Waals surface area contributed by atoms with E-state index >= 15 is 0 Å². The van der Waals surface area contributed by atoms with Crippen LogP contribution in [0, 0.1) is 12.8 Å². The molecule has 92 valence electrons. The van der Waals surface area contributed by atoms with E-state index in [1.165, 1.54) is 12.5 Å². The molecule has 0 saturated heterocycles. The van der Waals surface area contributed by atoms with E-state index in [9.17, 15) is 9.59 Å². The molecule has 17 heavy (non-hydrogen) atoms. The molecule has 0 aliphatic rings. The molecule has 4 heteroatoms. The second-order valence-electron chi connectivity index (χ2n) is 4.09. The van der Waals surface area contributed by atoms with Gasteiger partial charge in [-0.1, -0.05) is 29.8 Å². The van der Waals surface area contributed by atoms with E-state index in [0.717, 1.165) is 5.56 Å². The minimum atomic E-state index is -1.10. The van der Waals surface area contributed by atoms with Crippen molar-refractivity contribution < 1.29 is 14.7 Å². The molecule has 0 saturated carbocycles. The Kier molecular flexibility index (Phi) is 4.69. The Labute approximate surface area is 101 Å². The molecule has 0 spiro atoms. The van der Waals surface area contributed by atoms with Gasteiger partial charge >= 0.3 is 5.97 Å². The van der Waals surface area contributed by atoms with Gasteiger partial charge in [-0.25, -0.2) is 0 Å². The van der Waals surface area contributed by atoms with E-state index in [1.54, 1.807) is 0 Å². The molecule has 2 N–H and O–H groups in total. The lowest BCUT2D eigenvalue weighted by atomic mass is 10.1. The van der Waals surface area contributed by atoms with Crippen molar-refractivity contribution in [2.45, 2.75) is 20.3 Å². The third kappa shape index (κ3) is 4.26. The summed E-state index contributed by atoms with van der Waals surface area (Å²) in [6.45, 7) is 3.85. The number of hydrogen-bond acceptors (Lipinski definition) is 2. The SMILES string of the molecule is Cc1ccc(CCNC(=O)C(C)C(=O)O)cc1. The summed E-state index contributed by atoms with van der Waals surface area (Å²) in [6.07, 6.45) is 0.707. The van der Waals surface area contributed by atoms with E-state index in [4.69, 9.17) is 5.11 Å². The average Bonchev–Trinajstić information content (AvgIpc) is 2.30. The zero-order valence-corrected chi connectivity index (χ0v) is 10.1. The molecule has 1 unspecified atom stereocenters. The first kappa shape index (κ1) is 13.2. The summed E-state index contributed by atoms with van der Waals surface area (Å²) in [7, 11) is 0. The molecule has 0 fully saturated rings. The molecular weight excluding hydrogens is 218 g/mol. The van der Waals surface area contributed by atoms with E-state index in [-0.39, 0.29) is 0 Å². The van der Waals surface area contributed by atoms with Crippen molar-refractivity contribution in [2.24, 2.45) is 5.92 Å². The van der Waals surface area contributed by atoms with Crippen LogP contribution in [0.3, 0.4) is 0 Å². The first-order valence-corrected chi connectivity index (χ1v) is 5.57. The van der Waals surface area contributed by atoms with Crippen molar-refractivity contribution in [2.75, 3.05) is 6.54 Å². The van der Waals surface area contributed by atoms with Crippen molar-refractivity contribution in [3.05, 3.63) is 35.4 Å². The normalized spacial score (nSPS) is 11.9. The molecular formula is C13H17NO3. The van der Waals surface area contributed by atoms with Gasteiger partial charge in [0.15, 0.2) is 0 Å². The van der Waals surface area contributed by atoms with Gasteiger partial charge in [0, 0.05) is 6.54 Å². The Morgan fingerprint density at radius 2 is 1.88 bits per heavy atom. The van der Waals surface area contributed by atoms with Crippen LogP contribution in [0.25, 0.3) is 0 Å². The van der Waals surface area contributed by atoms with Gasteiger partial charge in [-0.2, -0.15) is 0 Å². The monoisotopic (exact) mass is 235 g/mol. The zero-order chi connectivity index (χ0) is 12.8. The summed E-state index contributed by atoms with van der Waals surface area (Å²) < 4.78 is 0. The number of aliphatic carboxylic acids is 1. The third-order valence-electron chi connectivity index (χ3n) is 2.60. The highest BCUT2D eigenvalue weighted by atomic mass is 16.4. The lowest BCUT2D eigenvalue weighted by Gasteiger charge is -2.08. The first-order valence-electron chi connectivity index (χ1n) is 5.57. The van der Waals surface area contributed by atoms with Crippen LogP contribution in [0.4, 0.5) is 0 Å². The van der Waals surface area contributed by atoms with Gasteiger partial charge in [-0.15, -0.1) is 0 Å². The van der Waals surface area contributed by atoms with Crippen molar-refractivity contribution in [1.82, 2.24) is 5.32 Å². The van der Waals surface area contributed by atoms with E-state index in [1.807, 2.05) is 31.2 Å². The molecule has 1 aromatic carbocycles. The van der Waals surface area contributed by atoms with E-state index < -0.39 is 17.8 Å². The van der Waals surface area contributed by atoms with Crippen LogP contribution in [0.2, 0.25) is 0 Å². The van der Waals surface area contributed by atoms with Gasteiger partial charge in [0.2, 0.25) is 5.91 Å². The molecule has 1 rings (SSSR count). The van der Waals surface area contributed by atoms with Gasteiger partial charge in [-0.05, 0) is 25.8 Å². The number of carboxylic acid groups (broad SMARTS) is 1. The van der Waals surface area contributed by atoms with Crippen LogP contribution < -0.4 is 5.32 Å². The van der Waals surface area contributed by atoms with Crippen LogP contribution in [-0.2, 0) is 16.0 Å². The second kappa shape index (κ2) is 6.03. The van der Waals surface area contributed by atoms with Gasteiger partial charge in [0.1, 0.15) is 5.92 Å². The lowest BCUT2D eigenvalue weighted by molar-refractivity contribution is -0.146. The fourth-order valence-corrected chi connectivity index (χ4v) is 1.35. The highest BCUT2D eigenvalue weighted by Crippen LogP contribution is 2.03. The predicted molar refractivity (Wildman–Crippen MR) is 64.7 cm³/mol. The van der Waals surface area contributed by atoms with Crippen LogP contribution >= 0.6 is 0 Å². The minimum Gasteiger partial charge on any atom is -0.481 e. The molecule has 0 aliphatic carbocycles. The fraction of sp³-hybridized carbons (Fsp3) is 0.385. The Bertz CT molecular complexity index is 398. The van der Waals surface area contributed by atoms with Gasteiger partial charge in [0.25, 0.3) is 0 Å². The summed E-state index contributed by atoms with van der Waals surface area (Å²) in [5, 5.41) is 11.2. The number of nitrogens with one attached hydrogen (secondary N) is 1. The number of rotatable bonds is 5. The van der Waals surface area contributed by atoms with Crippen molar-refractivity contribution in [3.8, 4) is 0 Å². The number of benzene rings is 1. The first-order chi connectivity index (χ1) is 8.00. The summed E-state index contributed by atoms with van der Waals surface area (Å²) in [5.41, 5.74) is 2.32. The molecule has 0 heterocycles. The van der Waals surface area contributed by atoms with E-state index in [2.05, 4.69) is 5.32 Å². The summed E-state index contributed by atoms with van der Waals surface area (Å²) in [4.78, 5) is 21.9. The molecule has 0 aromatic heterocycles. The molecule has 0 bridgehead atoms. The van der Waals surface area contributed by atoms with Crippen LogP contribution in [0.5, 0.6) is 0 Å². The number of hydrogen-bond donors (Lipinski definition) is 2. The average molecular weight is 235 g/mol. The maximum absolute atomic E-state index is 11.3. The Morgan fingerprint density at radius 1 is 1.29 bits per heavy atom. The maximum Gasteiger partial charge on any atom is 0.315 e. The van der Waals surface area contributed by atoms with Gasteiger partial charge < -0.3 is 10.4 Å². The highest BCUT2D eigenvalue weighted by Gasteiger charge is 2.19. The Hall–Kier alpha value is -1.84. The largest absolute Gasteiger partial charge is 0.481 e. The smallest absolute Gasteiger partial charge is 0.315 e. The number of aryl methyl sites for hydroxylation is 1. The fourth-order valence-electron chi connectivity index (χ4n) is 1.35. The van der Waals surface area contributed by atoms with Crippen molar-refractivity contribution in [3.63, 3.8) is 0 Å². The quantitative estimate of drug-likeness (QED) is 0.757. The van der Waals surface area contributed by atoms with Crippen LogP contribution in [-0.4, -0.2) is 23.5 Å². The third-order valence-corrected chi connectivity index (χ3v) is 2.60. The molecule has 1 aromatic rings. The van der Waals surface area contributed by atoms with Crippen LogP contribution in [0.1, 0.15) is 18.1 Å². The number of amides is 1. The molecule has 0 radical (unpaired) electrons. The number of carbonyl (C=O) groups is 2. The Balaban J connectivity index is 2.35. The zero-order valence-electron chi connectivity index (χ0n) is 10.1. The molecule has 4 nitrogen and oxygen atoms in total. The van der Waals surface area contributed by atoms with E-state index in [0.29, 0.717) is 13.0 Å². The highest BCUT2D eigenvalue weighted by molar-refractivity contribution is 5.96. The topological polar surface area (TPSA) is 66.4 Å². The summed E-state index contributed by atoms with van der Waals surface area (Å²) in [6, 6.07) is 8.03. The lowest BCUT2D eigenvalue weighted by Crippen LogP contribution is -2.34. The molecule has 0 aliphatic heterocycles. The summed E-state index contributed by atoms with van der Waals surface area (Å²) in [5.74, 6) is -2.53. The predicted octanol–water partition coefficient (Wildman–Crippen LogP) is 1.37. The minimum absolute atomic E-state index is 0.440. The van der Waals surface area contributed by atoms with Gasteiger partial charge in [-0.3, -0.25) is 9.59 Å². The van der Waals surface area contributed by atoms with Crippen LogP contribution in [0.15, 0.2) is 24.3 Å². The molecule has 1 amide bonds. The van der Waals surface area contributed by atoms with Crippen molar-refractivity contribution in [1.29, 1.82) is 0 Å². The maximum atomic E-state index is 11.3. The summed E-state index contributed by atoms with van der Waals surface area (Å²) >= 11 is 0. The standard InChI is InChI=1S/C13H17NO3/c1-9-3-5-11(6-4-9)7-8-14-12(15)10(2)13(16)17/h3-6,10H,7-8H2,1-2H3,(H,14,15)(H,16,17). The van der Waals surface area contributed by atoms with Gasteiger partial charge in [0.05, 0.1) is 0 Å². The van der Waals surface area contributed by atoms with Crippen molar-refractivity contribution >= 4 is 11.9 Å². The number of carbonyl (C=O) groups excluding carboxylic acids is 1. The Morgan fingerprint density at radius 3 is 2.41 bits per heavy atom. The molecule has 1 atom stereocenters. The second-order valence-corrected chi connectivity index (χ2v) is 4.09.